The average molecular weight is 526 g/mol. The molecular formula is C30H47N5OS. The zero-order chi connectivity index (χ0) is 27.0. The van der Waals surface area contributed by atoms with Gasteiger partial charge in [-0.25, -0.2) is 9.97 Å². The summed E-state index contributed by atoms with van der Waals surface area (Å²) < 4.78 is 8.13. The fraction of sp³-hybridized carbons (Fsp3) is 0.533. The standard InChI is InChI=1S/C21H31N5O.C9H16S/c1-4-5-10-18-25-19-20(16-8-6-7-9-17(16)24-21(19)22)26(18)12-14-27-13-11-23-15(2)3;1-4-5-6-7-8-9(2)10-3/h6-9,15,23H,4-5,10-14H2,1-3H3,(H2,22,24);5-6,8H,4,7H2,1-3H3/b;6-5-,9-8+. The van der Waals surface area contributed by atoms with Crippen LogP contribution in [-0.4, -0.2) is 46.6 Å². The molecular weight excluding hydrogens is 478 g/mol. The van der Waals surface area contributed by atoms with Crippen LogP contribution in [0, 0.1) is 0 Å². The van der Waals surface area contributed by atoms with E-state index in [2.05, 4.69) is 80.0 Å². The minimum Gasteiger partial charge on any atom is -0.382 e. The summed E-state index contributed by atoms with van der Waals surface area (Å²) in [6.45, 7) is 13.8. The summed E-state index contributed by atoms with van der Waals surface area (Å²) in [6, 6.07) is 8.61. The molecule has 3 rings (SSSR count). The van der Waals surface area contributed by atoms with E-state index < -0.39 is 0 Å². The van der Waals surface area contributed by atoms with Crippen molar-refractivity contribution in [1.82, 2.24) is 19.9 Å². The van der Waals surface area contributed by atoms with Crippen molar-refractivity contribution < 1.29 is 4.74 Å². The van der Waals surface area contributed by atoms with Crippen LogP contribution < -0.4 is 11.1 Å². The highest BCUT2D eigenvalue weighted by molar-refractivity contribution is 8.02. The number of pyridine rings is 1. The van der Waals surface area contributed by atoms with Crippen molar-refractivity contribution in [2.24, 2.45) is 0 Å². The first-order chi connectivity index (χ1) is 17.9. The summed E-state index contributed by atoms with van der Waals surface area (Å²) in [4.78, 5) is 10.8. The molecule has 37 heavy (non-hydrogen) atoms. The third-order valence-electron chi connectivity index (χ3n) is 5.97. The molecule has 1 aromatic carbocycles. The second-order valence-electron chi connectivity index (χ2n) is 9.35. The number of nitrogens with one attached hydrogen (secondary N) is 1. The van der Waals surface area contributed by atoms with Gasteiger partial charge in [0.2, 0.25) is 0 Å². The monoisotopic (exact) mass is 525 g/mol. The first kappa shape index (κ1) is 30.9. The number of hydrogen-bond acceptors (Lipinski definition) is 6. The minimum atomic E-state index is 0.480. The van der Waals surface area contributed by atoms with Gasteiger partial charge in [0, 0.05) is 30.9 Å². The molecule has 6 nitrogen and oxygen atoms in total. The Morgan fingerprint density at radius 1 is 1.16 bits per heavy atom. The molecule has 0 bridgehead atoms. The summed E-state index contributed by atoms with van der Waals surface area (Å²) in [5.41, 5.74) is 9.02. The van der Waals surface area contributed by atoms with Crippen molar-refractivity contribution in [2.45, 2.75) is 79.3 Å². The molecule has 2 aromatic heterocycles. The smallest absolute Gasteiger partial charge is 0.152 e. The van der Waals surface area contributed by atoms with E-state index >= 15 is 0 Å². The van der Waals surface area contributed by atoms with Crippen LogP contribution in [0.4, 0.5) is 5.82 Å². The number of nitrogen functional groups attached to an aromatic ring is 1. The van der Waals surface area contributed by atoms with Gasteiger partial charge in [-0.15, -0.1) is 11.8 Å². The number of aromatic nitrogens is 3. The van der Waals surface area contributed by atoms with Crippen LogP contribution in [0.3, 0.4) is 0 Å². The van der Waals surface area contributed by atoms with E-state index in [4.69, 9.17) is 15.5 Å². The van der Waals surface area contributed by atoms with E-state index in [0.29, 0.717) is 25.1 Å². The number of hydrogen-bond donors (Lipinski definition) is 2. The number of nitrogens with two attached hydrogens (primary N) is 1. The van der Waals surface area contributed by atoms with E-state index in [9.17, 15) is 0 Å². The van der Waals surface area contributed by atoms with Gasteiger partial charge in [-0.05, 0) is 43.4 Å². The van der Waals surface area contributed by atoms with Gasteiger partial charge in [0.25, 0.3) is 0 Å². The van der Waals surface area contributed by atoms with Crippen molar-refractivity contribution >= 4 is 39.5 Å². The number of allylic oxidation sites excluding steroid dienone is 4. The summed E-state index contributed by atoms with van der Waals surface area (Å²) in [6.07, 6.45) is 14.2. The largest absolute Gasteiger partial charge is 0.382 e. The van der Waals surface area contributed by atoms with Gasteiger partial charge in [-0.1, -0.05) is 70.5 Å². The van der Waals surface area contributed by atoms with E-state index in [-0.39, 0.29) is 0 Å². The molecule has 0 fully saturated rings. The van der Waals surface area contributed by atoms with Gasteiger partial charge in [0.05, 0.1) is 24.2 Å². The Morgan fingerprint density at radius 2 is 1.95 bits per heavy atom. The number of fused-ring (bicyclic) bond motifs is 3. The normalized spacial score (nSPS) is 12.1. The van der Waals surface area contributed by atoms with Crippen molar-refractivity contribution in [3.8, 4) is 0 Å². The Labute approximate surface area is 228 Å². The number of imidazole rings is 1. The Balaban J connectivity index is 0.000000410. The first-order valence-corrected chi connectivity index (χ1v) is 14.8. The Bertz CT molecular complexity index is 1140. The zero-order valence-electron chi connectivity index (χ0n) is 23.7. The number of thioether (sulfide) groups is 1. The second kappa shape index (κ2) is 17.2. The lowest BCUT2D eigenvalue weighted by atomic mass is 10.2. The Morgan fingerprint density at radius 3 is 2.65 bits per heavy atom. The molecule has 0 spiro atoms. The number of para-hydroxylation sites is 1. The molecule has 204 valence electrons. The van der Waals surface area contributed by atoms with Gasteiger partial charge >= 0.3 is 0 Å². The topological polar surface area (TPSA) is 78.0 Å². The molecule has 3 N–H and O–H groups in total. The van der Waals surface area contributed by atoms with Crippen molar-refractivity contribution in [2.75, 3.05) is 31.7 Å². The maximum absolute atomic E-state index is 6.23. The van der Waals surface area contributed by atoms with Gasteiger partial charge in [0.1, 0.15) is 11.3 Å². The lowest BCUT2D eigenvalue weighted by molar-refractivity contribution is 0.127. The van der Waals surface area contributed by atoms with Crippen LogP contribution in [-0.2, 0) is 17.7 Å². The molecule has 0 aliphatic heterocycles. The van der Waals surface area contributed by atoms with Gasteiger partial charge < -0.3 is 20.4 Å². The molecule has 7 heteroatoms. The molecule has 2 heterocycles. The second-order valence-corrected chi connectivity index (χ2v) is 10.4. The van der Waals surface area contributed by atoms with E-state index in [1.54, 1.807) is 0 Å². The lowest BCUT2D eigenvalue weighted by Gasteiger charge is -2.12. The van der Waals surface area contributed by atoms with Crippen LogP contribution in [0.5, 0.6) is 0 Å². The van der Waals surface area contributed by atoms with E-state index in [1.165, 1.54) is 4.91 Å². The Hall–Kier alpha value is -2.35. The number of anilines is 1. The highest BCUT2D eigenvalue weighted by atomic mass is 32.2. The number of aryl methyl sites for hydroxylation is 1. The van der Waals surface area contributed by atoms with Crippen LogP contribution in [0.2, 0.25) is 0 Å². The average Bonchev–Trinajstić information content (AvgIpc) is 3.26. The molecule has 0 atom stereocenters. The number of nitrogens with zero attached hydrogens (tertiary/aromatic N) is 3. The number of unbranched alkanes of at least 4 members (excludes halogenated alkanes) is 1. The molecule has 0 aliphatic rings. The van der Waals surface area contributed by atoms with E-state index in [0.717, 1.165) is 73.0 Å². The summed E-state index contributed by atoms with van der Waals surface area (Å²) in [5.74, 6) is 1.57. The number of rotatable bonds is 14. The highest BCUT2D eigenvalue weighted by Crippen LogP contribution is 2.29. The molecule has 3 aromatic rings. The molecule has 0 saturated carbocycles. The van der Waals surface area contributed by atoms with Crippen molar-refractivity contribution in [1.29, 1.82) is 0 Å². The number of benzene rings is 1. The number of ether oxygens (including phenoxy) is 1. The fourth-order valence-electron chi connectivity index (χ4n) is 3.93. The van der Waals surface area contributed by atoms with Crippen molar-refractivity contribution in [3.05, 3.63) is 53.2 Å². The third kappa shape index (κ3) is 10.1. The molecule has 0 radical (unpaired) electrons. The summed E-state index contributed by atoms with van der Waals surface area (Å²) >= 11 is 1.81. The van der Waals surface area contributed by atoms with Gasteiger partial charge in [-0.3, -0.25) is 0 Å². The molecule has 0 aliphatic carbocycles. The van der Waals surface area contributed by atoms with Crippen LogP contribution >= 0.6 is 11.8 Å². The van der Waals surface area contributed by atoms with Gasteiger partial charge in [-0.2, -0.15) is 0 Å². The predicted molar refractivity (Wildman–Crippen MR) is 163 cm³/mol. The summed E-state index contributed by atoms with van der Waals surface area (Å²) in [7, 11) is 0. The zero-order valence-corrected chi connectivity index (χ0v) is 24.5. The van der Waals surface area contributed by atoms with E-state index in [1.807, 2.05) is 30.0 Å². The van der Waals surface area contributed by atoms with Crippen LogP contribution in [0.1, 0.15) is 66.1 Å². The molecule has 0 unspecified atom stereocenters. The summed E-state index contributed by atoms with van der Waals surface area (Å²) in [5, 5.41) is 4.47. The fourth-order valence-corrected chi connectivity index (χ4v) is 4.19. The Kier molecular flexibility index (Phi) is 14.4. The SMILES string of the molecule is CC/C=C\C/C=C(\C)SC.CCCCc1nc2c(N)nc3ccccc3c2n1CCOCCNC(C)C. The van der Waals surface area contributed by atoms with Crippen LogP contribution in [0.15, 0.2) is 47.4 Å². The maximum atomic E-state index is 6.23. The lowest BCUT2D eigenvalue weighted by Crippen LogP contribution is -2.27. The molecule has 0 saturated heterocycles. The van der Waals surface area contributed by atoms with Crippen molar-refractivity contribution in [3.63, 3.8) is 0 Å². The first-order valence-electron chi connectivity index (χ1n) is 13.6. The highest BCUT2D eigenvalue weighted by Gasteiger charge is 2.16. The minimum absolute atomic E-state index is 0.480. The van der Waals surface area contributed by atoms with Crippen LogP contribution in [0.25, 0.3) is 21.9 Å². The maximum Gasteiger partial charge on any atom is 0.152 e. The quantitative estimate of drug-likeness (QED) is 0.172. The van der Waals surface area contributed by atoms with Gasteiger partial charge in [0.15, 0.2) is 5.82 Å². The third-order valence-corrected chi connectivity index (χ3v) is 6.78. The molecule has 0 amide bonds. The predicted octanol–water partition coefficient (Wildman–Crippen LogP) is 7.13.